The largest absolute Gasteiger partial charge is 0.466 e. The molecule has 2 rings (SSSR count). The van der Waals surface area contributed by atoms with Crippen molar-refractivity contribution in [1.82, 2.24) is 4.90 Å². The SMILES string of the molecule is CCOC(=O)C[C@@H]1[C@@H](C#N)N(Cc2ccccc2)[C@H]1C. The lowest BCUT2D eigenvalue weighted by Gasteiger charge is -2.50. The van der Waals surface area contributed by atoms with Gasteiger partial charge in [-0.1, -0.05) is 30.3 Å². The first-order valence-electron chi connectivity index (χ1n) is 7.02. The third kappa shape index (κ3) is 3.00. The van der Waals surface area contributed by atoms with E-state index < -0.39 is 0 Å². The second-order valence-electron chi connectivity index (χ2n) is 5.15. The Hall–Kier alpha value is -1.86. The first-order chi connectivity index (χ1) is 9.67. The zero-order valence-electron chi connectivity index (χ0n) is 12.0. The molecule has 0 bridgehead atoms. The van der Waals surface area contributed by atoms with Crippen molar-refractivity contribution in [3.63, 3.8) is 0 Å². The number of benzene rings is 1. The van der Waals surface area contributed by atoms with Gasteiger partial charge in [0, 0.05) is 18.5 Å². The lowest BCUT2D eigenvalue weighted by molar-refractivity contribution is -0.148. The molecule has 0 radical (unpaired) electrons. The number of ether oxygens (including phenoxy) is 1. The highest BCUT2D eigenvalue weighted by molar-refractivity contribution is 5.70. The smallest absolute Gasteiger partial charge is 0.306 e. The van der Waals surface area contributed by atoms with E-state index in [-0.39, 0.29) is 24.0 Å². The van der Waals surface area contributed by atoms with E-state index in [1.807, 2.05) is 18.2 Å². The number of rotatable bonds is 5. The van der Waals surface area contributed by atoms with Crippen LogP contribution in [0.25, 0.3) is 0 Å². The fraction of sp³-hybridized carbons (Fsp3) is 0.500. The molecule has 0 aromatic heterocycles. The number of nitriles is 1. The Morgan fingerprint density at radius 1 is 1.40 bits per heavy atom. The van der Waals surface area contributed by atoms with E-state index in [1.54, 1.807) is 6.92 Å². The van der Waals surface area contributed by atoms with Gasteiger partial charge in [0.1, 0.15) is 6.04 Å². The van der Waals surface area contributed by atoms with Gasteiger partial charge in [0.2, 0.25) is 0 Å². The normalized spacial score (nSPS) is 25.6. The van der Waals surface area contributed by atoms with Gasteiger partial charge >= 0.3 is 5.97 Å². The number of hydrogen-bond donors (Lipinski definition) is 0. The number of hydrogen-bond acceptors (Lipinski definition) is 4. The molecule has 4 nitrogen and oxygen atoms in total. The molecule has 0 N–H and O–H groups in total. The molecule has 1 fully saturated rings. The monoisotopic (exact) mass is 272 g/mol. The molecule has 20 heavy (non-hydrogen) atoms. The first kappa shape index (κ1) is 14.5. The molecule has 0 spiro atoms. The van der Waals surface area contributed by atoms with Crippen LogP contribution in [0.4, 0.5) is 0 Å². The van der Waals surface area contributed by atoms with Crippen molar-refractivity contribution in [2.75, 3.05) is 6.61 Å². The molecule has 106 valence electrons. The summed E-state index contributed by atoms with van der Waals surface area (Å²) in [6.45, 7) is 5.01. The van der Waals surface area contributed by atoms with E-state index in [2.05, 4.69) is 30.0 Å². The van der Waals surface area contributed by atoms with Gasteiger partial charge in [0.05, 0.1) is 19.1 Å². The number of carbonyl (C=O) groups excluding carboxylic acids is 1. The van der Waals surface area contributed by atoms with E-state index in [0.717, 1.165) is 6.54 Å². The Morgan fingerprint density at radius 3 is 2.70 bits per heavy atom. The van der Waals surface area contributed by atoms with Crippen LogP contribution in [0.5, 0.6) is 0 Å². The Labute approximate surface area is 120 Å². The van der Waals surface area contributed by atoms with Gasteiger partial charge in [0.25, 0.3) is 0 Å². The van der Waals surface area contributed by atoms with Crippen molar-refractivity contribution < 1.29 is 9.53 Å². The Bertz CT molecular complexity index is 495. The quantitative estimate of drug-likeness (QED) is 0.772. The maximum Gasteiger partial charge on any atom is 0.306 e. The molecule has 1 aliphatic heterocycles. The summed E-state index contributed by atoms with van der Waals surface area (Å²) in [5.74, 6) is -0.133. The van der Waals surface area contributed by atoms with Crippen LogP contribution in [-0.4, -0.2) is 29.6 Å². The maximum atomic E-state index is 11.6. The molecule has 1 saturated heterocycles. The molecule has 1 heterocycles. The zero-order chi connectivity index (χ0) is 14.5. The first-order valence-corrected chi connectivity index (χ1v) is 7.02. The minimum Gasteiger partial charge on any atom is -0.466 e. The van der Waals surface area contributed by atoms with Crippen molar-refractivity contribution in [3.8, 4) is 6.07 Å². The third-order valence-corrected chi connectivity index (χ3v) is 3.95. The molecule has 4 heteroatoms. The van der Waals surface area contributed by atoms with Gasteiger partial charge in [-0.05, 0) is 19.4 Å². The van der Waals surface area contributed by atoms with Crippen LogP contribution in [0.3, 0.4) is 0 Å². The van der Waals surface area contributed by atoms with E-state index >= 15 is 0 Å². The van der Waals surface area contributed by atoms with Crippen molar-refractivity contribution in [3.05, 3.63) is 35.9 Å². The summed E-state index contributed by atoms with van der Waals surface area (Å²) >= 11 is 0. The van der Waals surface area contributed by atoms with E-state index in [4.69, 9.17) is 4.74 Å². The van der Waals surface area contributed by atoms with Gasteiger partial charge < -0.3 is 4.74 Å². The van der Waals surface area contributed by atoms with Crippen LogP contribution >= 0.6 is 0 Å². The zero-order valence-corrected chi connectivity index (χ0v) is 12.0. The average molecular weight is 272 g/mol. The Kier molecular flexibility index (Phi) is 4.75. The van der Waals surface area contributed by atoms with Gasteiger partial charge in [-0.25, -0.2) is 0 Å². The van der Waals surface area contributed by atoms with Crippen molar-refractivity contribution in [2.24, 2.45) is 5.92 Å². The van der Waals surface area contributed by atoms with E-state index in [1.165, 1.54) is 5.56 Å². The molecule has 1 aliphatic rings. The summed E-state index contributed by atoms with van der Waals surface area (Å²) in [5.41, 5.74) is 1.19. The molecule has 1 aromatic rings. The number of likely N-dealkylation sites (tertiary alicyclic amines) is 1. The lowest BCUT2D eigenvalue weighted by Crippen LogP contribution is -2.61. The van der Waals surface area contributed by atoms with Gasteiger partial charge in [-0.3, -0.25) is 9.69 Å². The van der Waals surface area contributed by atoms with Crippen molar-refractivity contribution in [1.29, 1.82) is 5.26 Å². The number of carbonyl (C=O) groups is 1. The second kappa shape index (κ2) is 6.53. The van der Waals surface area contributed by atoms with Crippen LogP contribution in [0, 0.1) is 17.2 Å². The van der Waals surface area contributed by atoms with Crippen LogP contribution in [0.2, 0.25) is 0 Å². The van der Waals surface area contributed by atoms with Gasteiger partial charge in [-0.15, -0.1) is 0 Å². The standard InChI is InChI=1S/C16H20N2O2/c1-3-20-16(19)9-14-12(2)18(15(14)10-17)11-13-7-5-4-6-8-13/h4-8,12,14-15H,3,9,11H2,1-2H3/t12-,14-,15+/m0/s1. The van der Waals surface area contributed by atoms with Crippen LogP contribution < -0.4 is 0 Å². The molecular weight excluding hydrogens is 252 g/mol. The van der Waals surface area contributed by atoms with E-state index in [9.17, 15) is 10.1 Å². The highest BCUT2D eigenvalue weighted by atomic mass is 16.5. The summed E-state index contributed by atoms with van der Waals surface area (Å²) < 4.78 is 4.98. The summed E-state index contributed by atoms with van der Waals surface area (Å²) in [5, 5.41) is 9.32. The fourth-order valence-electron chi connectivity index (χ4n) is 2.81. The number of esters is 1. The minimum absolute atomic E-state index is 0.0720. The molecule has 0 saturated carbocycles. The predicted octanol–water partition coefficient (Wildman–Crippen LogP) is 2.35. The molecular formula is C16H20N2O2. The lowest BCUT2D eigenvalue weighted by atomic mass is 9.78. The minimum atomic E-state index is -0.205. The summed E-state index contributed by atoms with van der Waals surface area (Å²) in [6.07, 6.45) is 0.332. The molecule has 0 aliphatic carbocycles. The van der Waals surface area contributed by atoms with Gasteiger partial charge in [0.15, 0.2) is 0 Å². The number of nitrogens with zero attached hydrogens (tertiary/aromatic N) is 2. The molecule has 3 atom stereocenters. The Morgan fingerprint density at radius 2 is 2.10 bits per heavy atom. The van der Waals surface area contributed by atoms with E-state index in [0.29, 0.717) is 13.0 Å². The van der Waals surface area contributed by atoms with Crippen LogP contribution in [-0.2, 0) is 16.1 Å². The van der Waals surface area contributed by atoms with Crippen molar-refractivity contribution in [2.45, 2.75) is 38.9 Å². The molecule has 0 amide bonds. The van der Waals surface area contributed by atoms with Crippen LogP contribution in [0.1, 0.15) is 25.8 Å². The predicted molar refractivity (Wildman–Crippen MR) is 75.6 cm³/mol. The topological polar surface area (TPSA) is 53.3 Å². The summed E-state index contributed by atoms with van der Waals surface area (Å²) in [4.78, 5) is 13.7. The maximum absolute atomic E-state index is 11.6. The molecule has 0 unspecified atom stereocenters. The van der Waals surface area contributed by atoms with Crippen molar-refractivity contribution >= 4 is 5.97 Å². The molecule has 1 aromatic carbocycles. The highest BCUT2D eigenvalue weighted by Gasteiger charge is 2.46. The Balaban J connectivity index is 1.97. The summed E-state index contributed by atoms with van der Waals surface area (Å²) in [7, 11) is 0. The summed E-state index contributed by atoms with van der Waals surface area (Å²) in [6, 6.07) is 12.4. The average Bonchev–Trinajstić information content (AvgIpc) is 2.47. The highest BCUT2D eigenvalue weighted by Crippen LogP contribution is 2.36. The van der Waals surface area contributed by atoms with Crippen LogP contribution in [0.15, 0.2) is 30.3 Å². The third-order valence-electron chi connectivity index (χ3n) is 3.95. The van der Waals surface area contributed by atoms with Gasteiger partial charge in [-0.2, -0.15) is 5.26 Å². The second-order valence-corrected chi connectivity index (χ2v) is 5.15. The fourth-order valence-corrected chi connectivity index (χ4v) is 2.81.